The summed E-state index contributed by atoms with van der Waals surface area (Å²) in [5.41, 5.74) is 1.40. The molecule has 0 aliphatic carbocycles. The highest BCUT2D eigenvalue weighted by Gasteiger charge is 2.08. The summed E-state index contributed by atoms with van der Waals surface area (Å²) in [6.45, 7) is 0. The lowest BCUT2D eigenvalue weighted by atomic mass is 10.2. The van der Waals surface area contributed by atoms with Crippen LogP contribution in [0.4, 0.5) is 17.2 Å². The van der Waals surface area contributed by atoms with Crippen molar-refractivity contribution in [2.45, 2.75) is 0 Å². The van der Waals surface area contributed by atoms with Gasteiger partial charge in [-0.3, -0.25) is 4.79 Å². The largest absolute Gasteiger partial charge is 0.497 e. The van der Waals surface area contributed by atoms with Gasteiger partial charge in [0.1, 0.15) is 17.3 Å². The molecule has 7 heteroatoms. The number of hydrogen-bond acceptors (Lipinski definition) is 6. The van der Waals surface area contributed by atoms with Crippen LogP contribution in [0.3, 0.4) is 0 Å². The number of anilines is 3. The van der Waals surface area contributed by atoms with Crippen LogP contribution in [0.2, 0.25) is 0 Å². The SMILES string of the molecule is COc1ccc(Nc2ccc(NC(=O)c3cccs3)cn2)c(OC)c1. The molecule has 128 valence electrons. The fraction of sp³-hybridized carbons (Fsp3) is 0.111. The van der Waals surface area contributed by atoms with Gasteiger partial charge in [0, 0.05) is 6.07 Å². The Balaban J connectivity index is 1.69. The van der Waals surface area contributed by atoms with E-state index in [0.29, 0.717) is 27.9 Å². The van der Waals surface area contributed by atoms with Crippen molar-refractivity contribution in [3.63, 3.8) is 0 Å². The van der Waals surface area contributed by atoms with Crippen molar-refractivity contribution in [2.24, 2.45) is 0 Å². The number of benzene rings is 1. The fourth-order valence-electron chi connectivity index (χ4n) is 2.18. The zero-order chi connectivity index (χ0) is 17.6. The van der Waals surface area contributed by atoms with Gasteiger partial charge in [0.2, 0.25) is 0 Å². The second-order valence-electron chi connectivity index (χ2n) is 5.05. The average Bonchev–Trinajstić information content (AvgIpc) is 3.18. The molecule has 0 spiro atoms. The van der Waals surface area contributed by atoms with Crippen molar-refractivity contribution < 1.29 is 14.3 Å². The molecule has 3 aromatic rings. The highest BCUT2D eigenvalue weighted by Crippen LogP contribution is 2.31. The van der Waals surface area contributed by atoms with Crippen molar-refractivity contribution in [3.05, 3.63) is 58.9 Å². The molecule has 0 radical (unpaired) electrons. The molecule has 1 amide bonds. The Morgan fingerprint density at radius 1 is 1.12 bits per heavy atom. The van der Waals surface area contributed by atoms with Crippen molar-refractivity contribution >= 4 is 34.4 Å². The van der Waals surface area contributed by atoms with Crippen LogP contribution in [-0.4, -0.2) is 25.1 Å². The van der Waals surface area contributed by atoms with Crippen molar-refractivity contribution in [1.82, 2.24) is 4.98 Å². The molecule has 0 bridgehead atoms. The van der Waals surface area contributed by atoms with Gasteiger partial charge in [-0.1, -0.05) is 6.07 Å². The number of thiophene rings is 1. The van der Waals surface area contributed by atoms with Crippen LogP contribution in [0.1, 0.15) is 9.67 Å². The van der Waals surface area contributed by atoms with Crippen LogP contribution < -0.4 is 20.1 Å². The van der Waals surface area contributed by atoms with Gasteiger partial charge in [0.25, 0.3) is 5.91 Å². The molecule has 0 atom stereocenters. The van der Waals surface area contributed by atoms with Crippen LogP contribution in [0, 0.1) is 0 Å². The molecule has 0 saturated heterocycles. The number of rotatable bonds is 6. The second kappa shape index (κ2) is 7.67. The number of aromatic nitrogens is 1. The van der Waals surface area contributed by atoms with E-state index in [9.17, 15) is 4.79 Å². The zero-order valence-corrected chi connectivity index (χ0v) is 14.6. The van der Waals surface area contributed by atoms with Gasteiger partial charge >= 0.3 is 0 Å². The Kier molecular flexibility index (Phi) is 5.15. The third-order valence-electron chi connectivity index (χ3n) is 3.44. The number of carbonyl (C=O) groups excluding carboxylic acids is 1. The van der Waals surface area contributed by atoms with Crippen molar-refractivity contribution in [3.8, 4) is 11.5 Å². The van der Waals surface area contributed by atoms with E-state index < -0.39 is 0 Å². The number of ether oxygens (including phenoxy) is 2. The Morgan fingerprint density at radius 3 is 2.64 bits per heavy atom. The number of nitrogens with one attached hydrogen (secondary N) is 2. The average molecular weight is 355 g/mol. The van der Waals surface area contributed by atoms with Crippen LogP contribution in [0.15, 0.2) is 54.0 Å². The first kappa shape index (κ1) is 16.8. The predicted molar refractivity (Wildman–Crippen MR) is 99.3 cm³/mol. The summed E-state index contributed by atoms with van der Waals surface area (Å²) in [6, 6.07) is 12.7. The number of carbonyl (C=O) groups is 1. The molecule has 2 heterocycles. The van der Waals surface area contributed by atoms with E-state index in [0.717, 1.165) is 5.69 Å². The first-order valence-corrected chi connectivity index (χ1v) is 8.37. The van der Waals surface area contributed by atoms with Gasteiger partial charge in [0.05, 0.1) is 36.7 Å². The van der Waals surface area contributed by atoms with Gasteiger partial charge in [-0.2, -0.15) is 0 Å². The Labute approximate surface area is 149 Å². The maximum atomic E-state index is 12.0. The van der Waals surface area contributed by atoms with E-state index in [1.807, 2.05) is 23.6 Å². The number of methoxy groups -OCH3 is 2. The predicted octanol–water partition coefficient (Wildman–Crippen LogP) is 4.16. The van der Waals surface area contributed by atoms with Gasteiger partial charge in [-0.05, 0) is 35.7 Å². The molecule has 2 N–H and O–H groups in total. The smallest absolute Gasteiger partial charge is 0.265 e. The molecule has 3 rings (SSSR count). The number of nitrogens with zero attached hydrogens (tertiary/aromatic N) is 1. The molecule has 6 nitrogen and oxygen atoms in total. The monoisotopic (exact) mass is 355 g/mol. The fourth-order valence-corrected chi connectivity index (χ4v) is 2.80. The van der Waals surface area contributed by atoms with Crippen molar-refractivity contribution in [1.29, 1.82) is 0 Å². The zero-order valence-electron chi connectivity index (χ0n) is 13.8. The number of hydrogen-bond donors (Lipinski definition) is 2. The first-order valence-electron chi connectivity index (χ1n) is 7.49. The van der Waals surface area contributed by atoms with Crippen LogP contribution >= 0.6 is 11.3 Å². The number of amides is 1. The summed E-state index contributed by atoms with van der Waals surface area (Å²) in [4.78, 5) is 17.0. The quantitative estimate of drug-likeness (QED) is 0.695. The van der Waals surface area contributed by atoms with E-state index in [1.54, 1.807) is 44.7 Å². The second-order valence-corrected chi connectivity index (χ2v) is 6.00. The van der Waals surface area contributed by atoms with Gasteiger partial charge in [-0.15, -0.1) is 11.3 Å². The molecular weight excluding hydrogens is 338 g/mol. The lowest BCUT2D eigenvalue weighted by molar-refractivity contribution is 0.103. The summed E-state index contributed by atoms with van der Waals surface area (Å²) in [6.07, 6.45) is 1.60. The third-order valence-corrected chi connectivity index (χ3v) is 4.31. The summed E-state index contributed by atoms with van der Waals surface area (Å²) in [5.74, 6) is 1.85. The maximum Gasteiger partial charge on any atom is 0.265 e. The Morgan fingerprint density at radius 2 is 2.00 bits per heavy atom. The van der Waals surface area contributed by atoms with E-state index in [-0.39, 0.29) is 5.91 Å². The third kappa shape index (κ3) is 4.07. The molecule has 0 saturated carbocycles. The molecule has 0 fully saturated rings. The topological polar surface area (TPSA) is 72.5 Å². The van der Waals surface area contributed by atoms with E-state index >= 15 is 0 Å². The van der Waals surface area contributed by atoms with Crippen LogP contribution in [0.25, 0.3) is 0 Å². The van der Waals surface area contributed by atoms with E-state index in [1.165, 1.54) is 11.3 Å². The summed E-state index contributed by atoms with van der Waals surface area (Å²) < 4.78 is 10.5. The van der Waals surface area contributed by atoms with Crippen LogP contribution in [-0.2, 0) is 0 Å². The Bertz CT molecular complexity index is 849. The van der Waals surface area contributed by atoms with Gasteiger partial charge < -0.3 is 20.1 Å². The highest BCUT2D eigenvalue weighted by molar-refractivity contribution is 7.12. The standard InChI is InChI=1S/C18H17N3O3S/c1-23-13-6-7-14(15(10-13)24-2)21-17-8-5-12(11-19-17)20-18(22)16-4-3-9-25-16/h3-11H,1-2H3,(H,19,21)(H,20,22). The maximum absolute atomic E-state index is 12.0. The number of pyridine rings is 1. The first-order chi connectivity index (χ1) is 12.2. The minimum absolute atomic E-state index is 0.144. The molecule has 2 aromatic heterocycles. The normalized spacial score (nSPS) is 10.2. The molecule has 25 heavy (non-hydrogen) atoms. The molecule has 1 aromatic carbocycles. The minimum atomic E-state index is -0.144. The summed E-state index contributed by atoms with van der Waals surface area (Å²) in [7, 11) is 3.20. The molecule has 0 aliphatic rings. The summed E-state index contributed by atoms with van der Waals surface area (Å²) >= 11 is 1.39. The Hall–Kier alpha value is -3.06. The lowest BCUT2D eigenvalue weighted by Gasteiger charge is -2.12. The molecular formula is C18H17N3O3S. The van der Waals surface area contributed by atoms with Gasteiger partial charge in [0.15, 0.2) is 0 Å². The summed E-state index contributed by atoms with van der Waals surface area (Å²) in [5, 5.41) is 7.86. The molecule has 0 aliphatic heterocycles. The molecule has 0 unspecified atom stereocenters. The van der Waals surface area contributed by atoms with E-state index in [2.05, 4.69) is 15.6 Å². The van der Waals surface area contributed by atoms with Crippen molar-refractivity contribution in [2.75, 3.05) is 24.9 Å². The van der Waals surface area contributed by atoms with Gasteiger partial charge in [-0.25, -0.2) is 4.98 Å². The lowest BCUT2D eigenvalue weighted by Crippen LogP contribution is -2.10. The van der Waals surface area contributed by atoms with E-state index in [4.69, 9.17) is 9.47 Å². The highest BCUT2D eigenvalue weighted by atomic mass is 32.1. The minimum Gasteiger partial charge on any atom is -0.497 e. The van der Waals surface area contributed by atoms with Crippen LogP contribution in [0.5, 0.6) is 11.5 Å².